The second kappa shape index (κ2) is 6.19. The van der Waals surface area contributed by atoms with Gasteiger partial charge in [-0.15, -0.1) is 0 Å². The van der Waals surface area contributed by atoms with Crippen LogP contribution in [0, 0.1) is 0 Å². The molecular weight excluding hydrogens is 232 g/mol. The number of hydrogen-bond acceptors (Lipinski definition) is 5. The molecule has 0 spiro atoms. The molecule has 1 aromatic carbocycles. The number of anilines is 1. The van der Waals surface area contributed by atoms with E-state index in [-0.39, 0.29) is 6.61 Å². The molecule has 0 unspecified atom stereocenters. The minimum Gasteiger partial charge on any atom is -0.443 e. The van der Waals surface area contributed by atoms with Gasteiger partial charge < -0.3 is 4.74 Å². The highest BCUT2D eigenvalue weighted by atomic mass is 16.6. The molecule has 0 saturated carbocycles. The lowest BCUT2D eigenvalue weighted by molar-refractivity contribution is 0.142. The molecule has 0 aliphatic rings. The zero-order valence-electron chi connectivity index (χ0n) is 9.54. The highest BCUT2D eigenvalue weighted by Gasteiger charge is 2.01. The Kier molecular flexibility index (Phi) is 4.07. The maximum absolute atomic E-state index is 11.4. The molecule has 2 rings (SSSR count). The maximum Gasteiger partial charge on any atom is 0.426 e. The minimum absolute atomic E-state index is 0.220. The van der Waals surface area contributed by atoms with Crippen molar-refractivity contribution in [1.82, 2.24) is 15.4 Å². The average Bonchev–Trinajstić information content (AvgIpc) is 2.45. The van der Waals surface area contributed by atoms with Gasteiger partial charge >= 0.3 is 6.09 Å². The summed E-state index contributed by atoms with van der Waals surface area (Å²) in [5.41, 5.74) is 5.90. The van der Waals surface area contributed by atoms with E-state index in [1.54, 1.807) is 12.3 Å². The summed E-state index contributed by atoms with van der Waals surface area (Å²) in [7, 11) is 0. The Morgan fingerprint density at radius 3 is 2.78 bits per heavy atom. The summed E-state index contributed by atoms with van der Waals surface area (Å²) in [6.45, 7) is 0.220. The highest BCUT2D eigenvalue weighted by Crippen LogP contribution is 2.00. The molecule has 1 amide bonds. The third-order valence-electron chi connectivity index (χ3n) is 2.09. The Bertz CT molecular complexity index is 444. The van der Waals surface area contributed by atoms with Crippen LogP contribution in [-0.2, 0) is 11.3 Å². The number of hydrogen-bond donors (Lipinski definition) is 2. The molecule has 0 bridgehead atoms. The Balaban J connectivity index is 1.73. The van der Waals surface area contributed by atoms with Gasteiger partial charge in [0.25, 0.3) is 0 Å². The molecule has 0 atom stereocenters. The van der Waals surface area contributed by atoms with Gasteiger partial charge in [-0.25, -0.2) is 20.2 Å². The Morgan fingerprint density at radius 1 is 1.22 bits per heavy atom. The zero-order valence-corrected chi connectivity index (χ0v) is 9.54. The van der Waals surface area contributed by atoms with E-state index in [2.05, 4.69) is 20.8 Å². The minimum atomic E-state index is -0.572. The second-order valence-corrected chi connectivity index (χ2v) is 3.41. The van der Waals surface area contributed by atoms with Gasteiger partial charge in [0.05, 0.1) is 0 Å². The van der Waals surface area contributed by atoms with E-state index in [1.165, 1.54) is 6.33 Å². The first-order chi connectivity index (χ1) is 8.84. The molecule has 2 N–H and O–H groups in total. The van der Waals surface area contributed by atoms with E-state index < -0.39 is 6.09 Å². The molecule has 6 heteroatoms. The monoisotopic (exact) mass is 244 g/mol. The number of hydrazine groups is 1. The second-order valence-electron chi connectivity index (χ2n) is 3.41. The predicted molar refractivity (Wildman–Crippen MR) is 65.4 cm³/mol. The zero-order chi connectivity index (χ0) is 12.6. The van der Waals surface area contributed by atoms with Crippen molar-refractivity contribution < 1.29 is 9.53 Å². The summed E-state index contributed by atoms with van der Waals surface area (Å²) in [6.07, 6.45) is 2.36. The number of carbonyl (C=O) groups is 1. The lowest BCUT2D eigenvalue weighted by Crippen LogP contribution is -2.30. The molecule has 0 aliphatic carbocycles. The van der Waals surface area contributed by atoms with Gasteiger partial charge in [0, 0.05) is 12.3 Å². The molecule has 1 heterocycles. The van der Waals surface area contributed by atoms with E-state index >= 15 is 0 Å². The van der Waals surface area contributed by atoms with Crippen molar-refractivity contribution in [2.75, 3.05) is 5.43 Å². The number of ether oxygens (including phenoxy) is 1. The Morgan fingerprint density at radius 2 is 2.06 bits per heavy atom. The van der Waals surface area contributed by atoms with E-state index in [4.69, 9.17) is 4.74 Å². The quantitative estimate of drug-likeness (QED) is 0.801. The Hall–Kier alpha value is -2.63. The van der Waals surface area contributed by atoms with Gasteiger partial charge in [-0.05, 0) is 5.56 Å². The standard InChI is InChI=1S/C12H12N4O2/c17-12(16-15-11-6-7-13-9-14-11)18-8-10-4-2-1-3-5-10/h1-7,9H,8H2,(H,16,17)(H,13,14,15). The van der Waals surface area contributed by atoms with E-state index in [9.17, 15) is 4.79 Å². The van der Waals surface area contributed by atoms with Crippen molar-refractivity contribution in [1.29, 1.82) is 0 Å². The fourth-order valence-electron chi connectivity index (χ4n) is 1.24. The first-order valence-corrected chi connectivity index (χ1v) is 5.33. The van der Waals surface area contributed by atoms with Crippen LogP contribution in [0.15, 0.2) is 48.9 Å². The topological polar surface area (TPSA) is 76.1 Å². The van der Waals surface area contributed by atoms with Crippen LogP contribution >= 0.6 is 0 Å². The number of nitrogens with one attached hydrogen (secondary N) is 2. The van der Waals surface area contributed by atoms with Crippen molar-refractivity contribution in [2.45, 2.75) is 6.61 Å². The van der Waals surface area contributed by atoms with Crippen LogP contribution < -0.4 is 10.9 Å². The maximum atomic E-state index is 11.4. The van der Waals surface area contributed by atoms with Gasteiger partial charge in [0.1, 0.15) is 18.8 Å². The number of nitrogens with zero attached hydrogens (tertiary/aromatic N) is 2. The summed E-state index contributed by atoms with van der Waals surface area (Å²) in [5, 5.41) is 0. The molecule has 0 radical (unpaired) electrons. The van der Waals surface area contributed by atoms with Crippen LogP contribution in [0.3, 0.4) is 0 Å². The molecule has 92 valence electrons. The molecular formula is C12H12N4O2. The lowest BCUT2D eigenvalue weighted by atomic mass is 10.2. The van der Waals surface area contributed by atoms with Crippen molar-refractivity contribution >= 4 is 11.9 Å². The van der Waals surface area contributed by atoms with Crippen LogP contribution in [0.2, 0.25) is 0 Å². The number of rotatable bonds is 4. The van der Waals surface area contributed by atoms with Crippen LogP contribution in [0.5, 0.6) is 0 Å². The van der Waals surface area contributed by atoms with Crippen molar-refractivity contribution in [3.05, 3.63) is 54.5 Å². The summed E-state index contributed by atoms with van der Waals surface area (Å²) >= 11 is 0. The van der Waals surface area contributed by atoms with Gasteiger partial charge in [-0.1, -0.05) is 30.3 Å². The normalized spacial score (nSPS) is 9.56. The van der Waals surface area contributed by atoms with Gasteiger partial charge in [0.15, 0.2) is 0 Å². The average molecular weight is 244 g/mol. The summed E-state index contributed by atoms with van der Waals surface area (Å²) in [5.74, 6) is 0.488. The van der Waals surface area contributed by atoms with E-state index in [0.29, 0.717) is 5.82 Å². The van der Waals surface area contributed by atoms with Crippen LogP contribution in [0.25, 0.3) is 0 Å². The highest BCUT2D eigenvalue weighted by molar-refractivity contribution is 5.68. The predicted octanol–water partition coefficient (Wildman–Crippen LogP) is 1.73. The Labute approximate surface area is 104 Å². The summed E-state index contributed by atoms with van der Waals surface area (Å²) in [6, 6.07) is 11.1. The molecule has 18 heavy (non-hydrogen) atoms. The van der Waals surface area contributed by atoms with Gasteiger partial charge in [0.2, 0.25) is 0 Å². The van der Waals surface area contributed by atoms with Crippen molar-refractivity contribution in [2.24, 2.45) is 0 Å². The number of aromatic nitrogens is 2. The van der Waals surface area contributed by atoms with Crippen LogP contribution in [-0.4, -0.2) is 16.1 Å². The van der Waals surface area contributed by atoms with Crippen molar-refractivity contribution in [3.63, 3.8) is 0 Å². The summed E-state index contributed by atoms with van der Waals surface area (Å²) < 4.78 is 4.99. The number of carbonyl (C=O) groups excluding carboxylic acids is 1. The molecule has 0 saturated heterocycles. The first kappa shape index (κ1) is 11.8. The van der Waals surface area contributed by atoms with E-state index in [0.717, 1.165) is 5.56 Å². The third kappa shape index (κ3) is 3.75. The molecule has 0 aliphatic heterocycles. The van der Waals surface area contributed by atoms with Gasteiger partial charge in [-0.3, -0.25) is 5.43 Å². The van der Waals surface area contributed by atoms with Crippen LogP contribution in [0.4, 0.5) is 10.6 Å². The molecule has 1 aromatic heterocycles. The van der Waals surface area contributed by atoms with Crippen LogP contribution in [0.1, 0.15) is 5.56 Å². The number of amides is 1. The van der Waals surface area contributed by atoms with Gasteiger partial charge in [-0.2, -0.15) is 0 Å². The molecule has 6 nitrogen and oxygen atoms in total. The molecule has 2 aromatic rings. The molecule has 0 fully saturated rings. The lowest BCUT2D eigenvalue weighted by Gasteiger charge is -2.08. The van der Waals surface area contributed by atoms with E-state index in [1.807, 2.05) is 30.3 Å². The summed E-state index contributed by atoms with van der Waals surface area (Å²) in [4.78, 5) is 19.0. The fraction of sp³-hybridized carbons (Fsp3) is 0.0833. The first-order valence-electron chi connectivity index (χ1n) is 5.33. The largest absolute Gasteiger partial charge is 0.443 e. The fourth-order valence-corrected chi connectivity index (χ4v) is 1.24. The third-order valence-corrected chi connectivity index (χ3v) is 2.09. The SMILES string of the molecule is O=C(NNc1ccncn1)OCc1ccccc1. The van der Waals surface area contributed by atoms with Crippen molar-refractivity contribution in [3.8, 4) is 0 Å². The number of benzene rings is 1. The smallest absolute Gasteiger partial charge is 0.426 e.